The summed E-state index contributed by atoms with van der Waals surface area (Å²) >= 11 is 0. The van der Waals surface area contributed by atoms with Crippen LogP contribution in [0.1, 0.15) is 25.0 Å². The summed E-state index contributed by atoms with van der Waals surface area (Å²) in [4.78, 5) is 25.9. The van der Waals surface area contributed by atoms with Crippen LogP contribution in [0.4, 0.5) is 11.4 Å². The summed E-state index contributed by atoms with van der Waals surface area (Å²) in [6.07, 6.45) is 0.593. The van der Waals surface area contributed by atoms with Gasteiger partial charge in [0.15, 0.2) is 0 Å². The molecule has 1 aliphatic heterocycles. The maximum atomic E-state index is 12.9. The number of anilines is 2. The summed E-state index contributed by atoms with van der Waals surface area (Å²) in [5.41, 5.74) is 3.23. The minimum Gasteiger partial charge on any atom is -0.325 e. The number of sulfonamides is 1. The fourth-order valence-electron chi connectivity index (χ4n) is 3.55. The molecule has 154 valence electrons. The van der Waals surface area contributed by atoms with Gasteiger partial charge >= 0.3 is 0 Å². The molecule has 0 saturated heterocycles. The van der Waals surface area contributed by atoms with Gasteiger partial charge in [-0.15, -0.1) is 0 Å². The number of carbonyl (C=O) groups is 2. The quantitative estimate of drug-likeness (QED) is 0.813. The van der Waals surface area contributed by atoms with E-state index in [0.29, 0.717) is 12.1 Å². The highest BCUT2D eigenvalue weighted by Gasteiger charge is 2.31. The first-order valence-corrected chi connectivity index (χ1v) is 10.8. The number of nitrogens with one attached hydrogen (secondary N) is 1. The van der Waals surface area contributed by atoms with Crippen LogP contribution in [0.25, 0.3) is 0 Å². The van der Waals surface area contributed by atoms with Crippen molar-refractivity contribution in [3.05, 3.63) is 53.6 Å². The van der Waals surface area contributed by atoms with E-state index in [2.05, 4.69) is 5.32 Å². The average molecular weight is 416 g/mol. The number of likely N-dealkylation sites (N-methyl/N-ethyl adjacent to an activating group) is 1. The van der Waals surface area contributed by atoms with Gasteiger partial charge in [0.2, 0.25) is 21.8 Å². The first-order chi connectivity index (χ1) is 13.6. The summed E-state index contributed by atoms with van der Waals surface area (Å²) < 4.78 is 26.9. The summed E-state index contributed by atoms with van der Waals surface area (Å²) in [6.45, 7) is 5.07. The first-order valence-electron chi connectivity index (χ1n) is 9.35. The lowest BCUT2D eigenvalue weighted by molar-refractivity contribution is -0.117. The molecule has 0 saturated carbocycles. The Morgan fingerprint density at radius 1 is 1.17 bits per heavy atom. The van der Waals surface area contributed by atoms with E-state index >= 15 is 0 Å². The minimum absolute atomic E-state index is 0.0153. The van der Waals surface area contributed by atoms with Crippen LogP contribution in [0.15, 0.2) is 47.4 Å². The summed E-state index contributed by atoms with van der Waals surface area (Å²) in [5, 5.41) is 2.70. The number of hydrogen-bond donors (Lipinski definition) is 1. The van der Waals surface area contributed by atoms with E-state index < -0.39 is 15.9 Å². The Labute approximate surface area is 171 Å². The van der Waals surface area contributed by atoms with Crippen molar-refractivity contribution in [2.75, 3.05) is 23.8 Å². The Morgan fingerprint density at radius 2 is 1.83 bits per heavy atom. The van der Waals surface area contributed by atoms with Crippen LogP contribution < -0.4 is 10.2 Å². The molecule has 7 nitrogen and oxygen atoms in total. The van der Waals surface area contributed by atoms with Crippen molar-refractivity contribution in [2.45, 2.75) is 38.1 Å². The Morgan fingerprint density at radius 3 is 2.45 bits per heavy atom. The zero-order chi connectivity index (χ0) is 21.3. The van der Waals surface area contributed by atoms with Crippen molar-refractivity contribution in [2.24, 2.45) is 0 Å². The smallest absolute Gasteiger partial charge is 0.243 e. The molecule has 2 aromatic carbocycles. The maximum Gasteiger partial charge on any atom is 0.243 e. The first kappa shape index (κ1) is 21.0. The third-order valence-corrected chi connectivity index (χ3v) is 6.82. The third-order valence-electron chi connectivity index (χ3n) is 5.02. The van der Waals surface area contributed by atoms with E-state index in [4.69, 9.17) is 0 Å². The molecule has 29 heavy (non-hydrogen) atoms. The standard InChI is InChI=1S/C21H25N3O4S/c1-14-5-7-18(8-6-14)22-21(26)13-23(4)29(27,28)19-9-10-20-17(12-19)11-15(2)24(20)16(3)25/h5-10,12,15H,11,13H2,1-4H3,(H,22,26). The van der Waals surface area contributed by atoms with Crippen LogP contribution in [0, 0.1) is 6.92 Å². The second-order valence-corrected chi connectivity index (χ2v) is 9.45. The highest BCUT2D eigenvalue weighted by molar-refractivity contribution is 7.89. The number of benzene rings is 2. The number of amides is 2. The Hall–Kier alpha value is -2.71. The number of fused-ring (bicyclic) bond motifs is 1. The average Bonchev–Trinajstić information content (AvgIpc) is 2.98. The minimum atomic E-state index is -3.84. The third kappa shape index (κ3) is 4.33. The van der Waals surface area contributed by atoms with Crippen molar-refractivity contribution in [3.63, 3.8) is 0 Å². The predicted octanol–water partition coefficient (Wildman–Crippen LogP) is 2.55. The zero-order valence-electron chi connectivity index (χ0n) is 17.0. The van der Waals surface area contributed by atoms with E-state index in [1.54, 1.807) is 29.2 Å². The molecular weight excluding hydrogens is 390 g/mol. The molecule has 1 N–H and O–H groups in total. The van der Waals surface area contributed by atoms with Gasteiger partial charge in [0, 0.05) is 31.4 Å². The predicted molar refractivity (Wildman–Crippen MR) is 112 cm³/mol. The fourth-order valence-corrected chi connectivity index (χ4v) is 4.73. The van der Waals surface area contributed by atoms with E-state index in [1.165, 1.54) is 20.0 Å². The molecule has 8 heteroatoms. The van der Waals surface area contributed by atoms with Crippen LogP contribution in [-0.2, 0) is 26.0 Å². The number of hydrogen-bond acceptors (Lipinski definition) is 4. The lowest BCUT2D eigenvalue weighted by Crippen LogP contribution is -2.35. The molecule has 1 heterocycles. The van der Waals surface area contributed by atoms with Crippen LogP contribution >= 0.6 is 0 Å². The number of carbonyl (C=O) groups excluding carboxylic acids is 2. The molecule has 0 aromatic heterocycles. The summed E-state index contributed by atoms with van der Waals surface area (Å²) in [6, 6.07) is 12.0. The molecule has 2 amide bonds. The Kier molecular flexibility index (Phi) is 5.77. The van der Waals surface area contributed by atoms with Crippen LogP contribution in [-0.4, -0.2) is 44.2 Å². The monoisotopic (exact) mass is 415 g/mol. The van der Waals surface area contributed by atoms with Crippen LogP contribution in [0.5, 0.6) is 0 Å². The van der Waals surface area contributed by atoms with Gasteiger partial charge in [-0.1, -0.05) is 17.7 Å². The summed E-state index contributed by atoms with van der Waals surface area (Å²) in [7, 11) is -2.46. The molecule has 1 unspecified atom stereocenters. The Balaban J connectivity index is 1.75. The fraction of sp³-hybridized carbons (Fsp3) is 0.333. The topological polar surface area (TPSA) is 86.8 Å². The SMILES string of the molecule is CC(=O)N1c2ccc(S(=O)(=O)N(C)CC(=O)Nc3ccc(C)cc3)cc2CC1C. The van der Waals surface area contributed by atoms with Crippen LogP contribution in [0.2, 0.25) is 0 Å². The van der Waals surface area contributed by atoms with Crippen molar-refractivity contribution in [1.29, 1.82) is 0 Å². The normalized spacial score (nSPS) is 16.0. The van der Waals surface area contributed by atoms with Crippen molar-refractivity contribution < 1.29 is 18.0 Å². The highest BCUT2D eigenvalue weighted by Crippen LogP contribution is 2.34. The molecule has 1 atom stereocenters. The van der Waals surface area contributed by atoms with E-state index in [9.17, 15) is 18.0 Å². The number of nitrogens with zero attached hydrogens (tertiary/aromatic N) is 2. The van der Waals surface area contributed by atoms with Gasteiger partial charge in [0.05, 0.1) is 11.4 Å². The highest BCUT2D eigenvalue weighted by atomic mass is 32.2. The molecule has 3 rings (SSSR count). The van der Waals surface area contributed by atoms with Gasteiger partial charge in [-0.2, -0.15) is 4.31 Å². The number of rotatable bonds is 5. The van der Waals surface area contributed by atoms with Gasteiger partial charge in [-0.25, -0.2) is 8.42 Å². The molecular formula is C21H25N3O4S. The van der Waals surface area contributed by atoms with Gasteiger partial charge < -0.3 is 10.2 Å². The van der Waals surface area contributed by atoms with Crippen LogP contribution in [0.3, 0.4) is 0 Å². The Bertz CT molecular complexity index is 1050. The summed E-state index contributed by atoms with van der Waals surface area (Å²) in [5.74, 6) is -0.491. The van der Waals surface area contributed by atoms with Crippen molar-refractivity contribution >= 4 is 33.2 Å². The van der Waals surface area contributed by atoms with Gasteiger partial charge in [0.25, 0.3) is 0 Å². The van der Waals surface area contributed by atoms with E-state index in [-0.39, 0.29) is 23.4 Å². The number of aryl methyl sites for hydroxylation is 1. The molecule has 0 spiro atoms. The lowest BCUT2D eigenvalue weighted by Gasteiger charge is -2.21. The van der Waals surface area contributed by atoms with E-state index in [1.807, 2.05) is 26.0 Å². The lowest BCUT2D eigenvalue weighted by atomic mass is 10.1. The second-order valence-electron chi connectivity index (χ2n) is 7.41. The van der Waals surface area contributed by atoms with E-state index in [0.717, 1.165) is 21.1 Å². The molecule has 0 radical (unpaired) electrons. The maximum absolute atomic E-state index is 12.9. The largest absolute Gasteiger partial charge is 0.325 e. The molecule has 0 aliphatic carbocycles. The zero-order valence-corrected chi connectivity index (χ0v) is 17.8. The molecule has 1 aliphatic rings. The van der Waals surface area contributed by atoms with Gasteiger partial charge in [0.1, 0.15) is 0 Å². The van der Waals surface area contributed by atoms with Crippen molar-refractivity contribution in [3.8, 4) is 0 Å². The van der Waals surface area contributed by atoms with Crippen molar-refractivity contribution in [1.82, 2.24) is 4.31 Å². The molecule has 2 aromatic rings. The molecule has 0 bridgehead atoms. The van der Waals surface area contributed by atoms with Gasteiger partial charge in [-0.05, 0) is 56.2 Å². The molecule has 0 fully saturated rings. The van der Waals surface area contributed by atoms with Gasteiger partial charge in [-0.3, -0.25) is 9.59 Å². The second kappa shape index (κ2) is 7.96.